The summed E-state index contributed by atoms with van der Waals surface area (Å²) in [5.41, 5.74) is 2.69. The third-order valence-electron chi connectivity index (χ3n) is 2.75. The Bertz CT molecular complexity index is 533. The maximum atomic E-state index is 11.5. The molecule has 0 aliphatic heterocycles. The molecule has 4 heteroatoms. The molecule has 1 amide bonds. The first kappa shape index (κ1) is 12.2. The van der Waals surface area contributed by atoms with Gasteiger partial charge in [-0.25, -0.2) is 0 Å². The van der Waals surface area contributed by atoms with E-state index in [4.69, 9.17) is 4.42 Å². The number of anilines is 1. The summed E-state index contributed by atoms with van der Waals surface area (Å²) < 4.78 is 5.25. The van der Waals surface area contributed by atoms with Crippen molar-refractivity contribution < 1.29 is 9.21 Å². The molecule has 18 heavy (non-hydrogen) atoms. The molecule has 2 N–H and O–H groups in total. The topological polar surface area (TPSA) is 54.3 Å². The lowest BCUT2D eigenvalue weighted by Gasteiger charge is -2.09. The zero-order valence-corrected chi connectivity index (χ0v) is 10.5. The average Bonchev–Trinajstić information content (AvgIpc) is 2.89. The summed E-state index contributed by atoms with van der Waals surface area (Å²) in [5, 5.41) is 5.88. The third kappa shape index (κ3) is 2.71. The monoisotopic (exact) mass is 244 g/mol. The SMILES string of the molecule is CNC(=O)c1ccc(NCc2ccco2)c(C)c1. The second kappa shape index (κ2) is 5.40. The highest BCUT2D eigenvalue weighted by molar-refractivity contribution is 5.94. The molecule has 94 valence electrons. The van der Waals surface area contributed by atoms with E-state index >= 15 is 0 Å². The second-order valence-electron chi connectivity index (χ2n) is 4.04. The highest BCUT2D eigenvalue weighted by Crippen LogP contribution is 2.17. The largest absolute Gasteiger partial charge is 0.467 e. The van der Waals surface area contributed by atoms with Crippen LogP contribution in [0.1, 0.15) is 21.7 Å². The van der Waals surface area contributed by atoms with Crippen LogP contribution < -0.4 is 10.6 Å². The van der Waals surface area contributed by atoms with Crippen molar-refractivity contribution in [3.63, 3.8) is 0 Å². The molecule has 0 saturated carbocycles. The average molecular weight is 244 g/mol. The van der Waals surface area contributed by atoms with Crippen molar-refractivity contribution in [2.75, 3.05) is 12.4 Å². The first-order valence-corrected chi connectivity index (χ1v) is 5.79. The van der Waals surface area contributed by atoms with Crippen LogP contribution in [0.15, 0.2) is 41.0 Å². The highest BCUT2D eigenvalue weighted by Gasteiger charge is 2.06. The lowest BCUT2D eigenvalue weighted by atomic mass is 10.1. The molecule has 0 unspecified atom stereocenters. The van der Waals surface area contributed by atoms with Gasteiger partial charge in [-0.3, -0.25) is 4.79 Å². The number of hydrogen-bond donors (Lipinski definition) is 2. The van der Waals surface area contributed by atoms with Gasteiger partial charge in [0.1, 0.15) is 5.76 Å². The molecule has 0 radical (unpaired) electrons. The first-order valence-electron chi connectivity index (χ1n) is 5.79. The molecule has 1 aromatic heterocycles. The fraction of sp³-hybridized carbons (Fsp3) is 0.214. The van der Waals surface area contributed by atoms with Crippen molar-refractivity contribution in [2.24, 2.45) is 0 Å². The smallest absolute Gasteiger partial charge is 0.251 e. The van der Waals surface area contributed by atoms with Gasteiger partial charge >= 0.3 is 0 Å². The summed E-state index contributed by atoms with van der Waals surface area (Å²) in [6.07, 6.45) is 1.65. The predicted octanol–water partition coefficient (Wildman–Crippen LogP) is 2.56. The molecule has 0 aliphatic rings. The van der Waals surface area contributed by atoms with Gasteiger partial charge in [0, 0.05) is 18.3 Å². The first-order chi connectivity index (χ1) is 8.70. The van der Waals surface area contributed by atoms with Gasteiger partial charge in [-0.1, -0.05) is 0 Å². The molecule has 0 fully saturated rings. The van der Waals surface area contributed by atoms with Crippen LogP contribution in [0, 0.1) is 6.92 Å². The van der Waals surface area contributed by atoms with Crippen LogP contribution >= 0.6 is 0 Å². The predicted molar refractivity (Wildman–Crippen MR) is 70.6 cm³/mol. The van der Waals surface area contributed by atoms with E-state index in [1.54, 1.807) is 19.4 Å². The molecule has 2 aromatic rings. The molecule has 0 aliphatic carbocycles. The number of hydrogen-bond acceptors (Lipinski definition) is 3. The number of carbonyl (C=O) groups excluding carboxylic acids is 1. The Morgan fingerprint density at radius 2 is 2.17 bits per heavy atom. The maximum Gasteiger partial charge on any atom is 0.251 e. The van der Waals surface area contributed by atoms with Gasteiger partial charge < -0.3 is 15.1 Å². The Hall–Kier alpha value is -2.23. The second-order valence-corrected chi connectivity index (χ2v) is 4.04. The summed E-state index contributed by atoms with van der Waals surface area (Å²) in [7, 11) is 1.63. The van der Waals surface area contributed by atoms with Crippen LogP contribution in [-0.4, -0.2) is 13.0 Å². The number of rotatable bonds is 4. The lowest BCUT2D eigenvalue weighted by molar-refractivity contribution is 0.0963. The van der Waals surface area contributed by atoms with Crippen molar-refractivity contribution in [2.45, 2.75) is 13.5 Å². The van der Waals surface area contributed by atoms with Crippen molar-refractivity contribution in [1.82, 2.24) is 5.32 Å². The van der Waals surface area contributed by atoms with E-state index in [0.29, 0.717) is 12.1 Å². The molecule has 2 rings (SSSR count). The maximum absolute atomic E-state index is 11.5. The van der Waals surface area contributed by atoms with Crippen molar-refractivity contribution >= 4 is 11.6 Å². The fourth-order valence-corrected chi connectivity index (χ4v) is 1.74. The Morgan fingerprint density at radius 1 is 1.33 bits per heavy atom. The van der Waals surface area contributed by atoms with E-state index in [1.807, 2.05) is 31.2 Å². The Kier molecular flexibility index (Phi) is 3.67. The molecule has 0 saturated heterocycles. The number of benzene rings is 1. The van der Waals surface area contributed by atoms with Crippen LogP contribution in [0.5, 0.6) is 0 Å². The van der Waals surface area contributed by atoms with E-state index in [-0.39, 0.29) is 5.91 Å². The summed E-state index contributed by atoms with van der Waals surface area (Å²) in [6, 6.07) is 9.35. The van der Waals surface area contributed by atoms with E-state index in [9.17, 15) is 4.79 Å². The van der Waals surface area contributed by atoms with Gasteiger partial charge in [0.05, 0.1) is 12.8 Å². The minimum atomic E-state index is -0.0734. The van der Waals surface area contributed by atoms with Gasteiger partial charge in [-0.15, -0.1) is 0 Å². The van der Waals surface area contributed by atoms with E-state index in [2.05, 4.69) is 10.6 Å². The Labute approximate surface area is 106 Å². The molecular weight excluding hydrogens is 228 g/mol. The number of nitrogens with one attached hydrogen (secondary N) is 2. The zero-order valence-electron chi connectivity index (χ0n) is 10.5. The molecule has 1 heterocycles. The number of aryl methyl sites for hydroxylation is 1. The molecule has 0 bridgehead atoms. The van der Waals surface area contributed by atoms with E-state index in [0.717, 1.165) is 17.0 Å². The van der Waals surface area contributed by atoms with Crippen LogP contribution in [0.4, 0.5) is 5.69 Å². The lowest BCUT2D eigenvalue weighted by Crippen LogP contribution is -2.17. The molecule has 0 atom stereocenters. The van der Waals surface area contributed by atoms with Gasteiger partial charge in [0.25, 0.3) is 5.91 Å². The minimum Gasteiger partial charge on any atom is -0.467 e. The van der Waals surface area contributed by atoms with Gasteiger partial charge in [-0.05, 0) is 42.8 Å². The third-order valence-corrected chi connectivity index (χ3v) is 2.75. The van der Waals surface area contributed by atoms with Crippen molar-refractivity contribution in [1.29, 1.82) is 0 Å². The van der Waals surface area contributed by atoms with Gasteiger partial charge in [0.2, 0.25) is 0 Å². The summed E-state index contributed by atoms with van der Waals surface area (Å²) in [4.78, 5) is 11.5. The van der Waals surface area contributed by atoms with Crippen LogP contribution in [0.2, 0.25) is 0 Å². The number of carbonyl (C=O) groups is 1. The summed E-state index contributed by atoms with van der Waals surface area (Å²) >= 11 is 0. The molecule has 4 nitrogen and oxygen atoms in total. The Morgan fingerprint density at radius 3 is 2.78 bits per heavy atom. The molecule has 1 aromatic carbocycles. The minimum absolute atomic E-state index is 0.0734. The van der Waals surface area contributed by atoms with Crippen molar-refractivity contribution in [3.8, 4) is 0 Å². The van der Waals surface area contributed by atoms with E-state index < -0.39 is 0 Å². The fourth-order valence-electron chi connectivity index (χ4n) is 1.74. The summed E-state index contributed by atoms with van der Waals surface area (Å²) in [5.74, 6) is 0.806. The molecule has 0 spiro atoms. The number of amides is 1. The standard InChI is InChI=1S/C14H16N2O2/c1-10-8-11(14(17)15-2)5-6-13(10)16-9-12-4-3-7-18-12/h3-8,16H,9H2,1-2H3,(H,15,17). The summed E-state index contributed by atoms with van der Waals surface area (Å²) in [6.45, 7) is 2.60. The zero-order chi connectivity index (χ0) is 13.0. The van der Waals surface area contributed by atoms with Crippen LogP contribution in [0.3, 0.4) is 0 Å². The van der Waals surface area contributed by atoms with Crippen LogP contribution in [0.25, 0.3) is 0 Å². The number of furan rings is 1. The van der Waals surface area contributed by atoms with Crippen LogP contribution in [-0.2, 0) is 6.54 Å². The van der Waals surface area contributed by atoms with E-state index in [1.165, 1.54) is 0 Å². The molecular formula is C14H16N2O2. The Balaban J connectivity index is 2.08. The van der Waals surface area contributed by atoms with Crippen molar-refractivity contribution in [3.05, 3.63) is 53.5 Å². The van der Waals surface area contributed by atoms with Gasteiger partial charge in [0.15, 0.2) is 0 Å². The normalized spacial score (nSPS) is 10.1. The highest BCUT2D eigenvalue weighted by atomic mass is 16.3. The quantitative estimate of drug-likeness (QED) is 0.869. The van der Waals surface area contributed by atoms with Gasteiger partial charge in [-0.2, -0.15) is 0 Å².